The first kappa shape index (κ1) is 8.01. The number of hydrogen-bond donors (Lipinski definition) is 2. The Labute approximate surface area is 71.4 Å². The minimum atomic E-state index is -0.0547. The maximum absolute atomic E-state index is 10.8. The molecule has 0 bridgehead atoms. The molecule has 2 unspecified atom stereocenters. The highest BCUT2D eigenvalue weighted by molar-refractivity contribution is 5.77. The third-order valence-electron chi connectivity index (χ3n) is 2.85. The van der Waals surface area contributed by atoms with Crippen molar-refractivity contribution >= 4 is 5.91 Å². The molecule has 0 spiro atoms. The van der Waals surface area contributed by atoms with E-state index in [1.165, 1.54) is 0 Å². The maximum atomic E-state index is 10.8. The highest BCUT2D eigenvalue weighted by Crippen LogP contribution is 2.50. The lowest BCUT2D eigenvalue weighted by Crippen LogP contribution is -2.32. The zero-order valence-corrected chi connectivity index (χ0v) is 6.95. The molecule has 3 N–H and O–H groups in total. The van der Waals surface area contributed by atoms with E-state index in [4.69, 9.17) is 10.5 Å². The minimum Gasteiger partial charge on any atom is -0.381 e. The van der Waals surface area contributed by atoms with Crippen molar-refractivity contribution in [1.82, 2.24) is 5.32 Å². The number of nitrogens with two attached hydrogens (primary N) is 1. The molecule has 2 fully saturated rings. The van der Waals surface area contributed by atoms with Crippen molar-refractivity contribution in [3.8, 4) is 0 Å². The van der Waals surface area contributed by atoms with Crippen LogP contribution in [-0.2, 0) is 9.53 Å². The SMILES string of the molecule is NCC(=O)NCC1C2COCC12. The fraction of sp³-hybridized carbons (Fsp3) is 0.875. The standard InChI is InChI=1S/C8H14N2O2/c9-1-8(11)10-2-5-6-3-12-4-7(5)6/h5-7H,1-4,9H2,(H,10,11). The molecule has 4 nitrogen and oxygen atoms in total. The number of rotatable bonds is 3. The lowest BCUT2D eigenvalue weighted by atomic mass is 10.3. The van der Waals surface area contributed by atoms with Gasteiger partial charge in [-0.3, -0.25) is 4.79 Å². The summed E-state index contributed by atoms with van der Waals surface area (Å²) in [6, 6.07) is 0. The van der Waals surface area contributed by atoms with E-state index in [9.17, 15) is 4.79 Å². The number of hydrogen-bond acceptors (Lipinski definition) is 3. The fourth-order valence-electron chi connectivity index (χ4n) is 1.97. The topological polar surface area (TPSA) is 64.4 Å². The number of fused-ring (bicyclic) bond motifs is 1. The first-order chi connectivity index (χ1) is 5.83. The van der Waals surface area contributed by atoms with Crippen molar-refractivity contribution in [3.05, 3.63) is 0 Å². The number of carbonyl (C=O) groups is 1. The summed E-state index contributed by atoms with van der Waals surface area (Å²) in [7, 11) is 0. The Morgan fingerprint density at radius 1 is 1.50 bits per heavy atom. The zero-order valence-electron chi connectivity index (χ0n) is 6.95. The summed E-state index contributed by atoms with van der Waals surface area (Å²) in [4.78, 5) is 10.8. The quantitative estimate of drug-likeness (QED) is 0.568. The van der Waals surface area contributed by atoms with Crippen LogP contribution in [0.15, 0.2) is 0 Å². The lowest BCUT2D eigenvalue weighted by molar-refractivity contribution is -0.119. The van der Waals surface area contributed by atoms with Crippen LogP contribution >= 0.6 is 0 Å². The molecule has 68 valence electrons. The Kier molecular flexibility index (Phi) is 2.02. The van der Waals surface area contributed by atoms with Gasteiger partial charge in [-0.1, -0.05) is 0 Å². The van der Waals surface area contributed by atoms with Gasteiger partial charge in [-0.05, 0) is 17.8 Å². The predicted octanol–water partition coefficient (Wildman–Crippen LogP) is -1.05. The van der Waals surface area contributed by atoms with Gasteiger partial charge in [0.2, 0.25) is 5.91 Å². The van der Waals surface area contributed by atoms with Crippen molar-refractivity contribution < 1.29 is 9.53 Å². The van der Waals surface area contributed by atoms with Crippen molar-refractivity contribution in [2.45, 2.75) is 0 Å². The Hall–Kier alpha value is -0.610. The van der Waals surface area contributed by atoms with Gasteiger partial charge in [-0.25, -0.2) is 0 Å². The number of amides is 1. The van der Waals surface area contributed by atoms with Gasteiger partial charge >= 0.3 is 0 Å². The number of nitrogens with one attached hydrogen (secondary N) is 1. The Morgan fingerprint density at radius 2 is 2.17 bits per heavy atom. The Balaban J connectivity index is 1.67. The summed E-state index contributed by atoms with van der Waals surface area (Å²) >= 11 is 0. The van der Waals surface area contributed by atoms with Gasteiger partial charge in [0, 0.05) is 6.54 Å². The minimum absolute atomic E-state index is 0.0547. The maximum Gasteiger partial charge on any atom is 0.233 e. The summed E-state index contributed by atoms with van der Waals surface area (Å²) < 4.78 is 5.23. The molecular weight excluding hydrogens is 156 g/mol. The van der Waals surface area contributed by atoms with Gasteiger partial charge < -0.3 is 15.8 Å². The van der Waals surface area contributed by atoms with Gasteiger partial charge in [-0.15, -0.1) is 0 Å². The average Bonchev–Trinajstić information content (AvgIpc) is 2.55. The molecule has 4 heteroatoms. The Morgan fingerprint density at radius 3 is 2.75 bits per heavy atom. The number of carbonyl (C=O) groups excluding carboxylic acids is 1. The molecule has 1 heterocycles. The molecule has 1 saturated carbocycles. The van der Waals surface area contributed by atoms with Gasteiger partial charge in [0.1, 0.15) is 0 Å². The van der Waals surface area contributed by atoms with E-state index in [0.29, 0.717) is 17.8 Å². The molecule has 1 saturated heterocycles. The van der Waals surface area contributed by atoms with E-state index in [2.05, 4.69) is 5.32 Å². The smallest absolute Gasteiger partial charge is 0.233 e. The summed E-state index contributed by atoms with van der Waals surface area (Å²) in [5, 5.41) is 2.80. The molecule has 1 amide bonds. The normalized spacial score (nSPS) is 37.6. The van der Waals surface area contributed by atoms with Crippen LogP contribution < -0.4 is 11.1 Å². The predicted molar refractivity (Wildman–Crippen MR) is 43.4 cm³/mol. The second-order valence-electron chi connectivity index (χ2n) is 3.54. The average molecular weight is 170 g/mol. The monoisotopic (exact) mass is 170 g/mol. The van der Waals surface area contributed by atoms with E-state index < -0.39 is 0 Å². The molecule has 2 atom stereocenters. The molecule has 12 heavy (non-hydrogen) atoms. The van der Waals surface area contributed by atoms with Crippen LogP contribution in [0, 0.1) is 17.8 Å². The third-order valence-corrected chi connectivity index (χ3v) is 2.85. The molecule has 0 radical (unpaired) electrons. The molecule has 2 aliphatic rings. The highest BCUT2D eigenvalue weighted by Gasteiger charge is 2.53. The second kappa shape index (κ2) is 3.03. The van der Waals surface area contributed by atoms with Crippen LogP contribution in [0.5, 0.6) is 0 Å². The highest BCUT2D eigenvalue weighted by atomic mass is 16.5. The van der Waals surface area contributed by atoms with E-state index in [1.54, 1.807) is 0 Å². The number of ether oxygens (including phenoxy) is 1. The molecule has 0 aromatic heterocycles. The van der Waals surface area contributed by atoms with Crippen molar-refractivity contribution in [3.63, 3.8) is 0 Å². The molecule has 1 aliphatic carbocycles. The van der Waals surface area contributed by atoms with Crippen LogP contribution in [0.4, 0.5) is 0 Å². The molecule has 0 aromatic carbocycles. The lowest BCUT2D eigenvalue weighted by Gasteiger charge is -2.04. The van der Waals surface area contributed by atoms with Gasteiger partial charge in [0.05, 0.1) is 19.8 Å². The second-order valence-corrected chi connectivity index (χ2v) is 3.54. The largest absolute Gasteiger partial charge is 0.381 e. The van der Waals surface area contributed by atoms with Crippen LogP contribution in [0.2, 0.25) is 0 Å². The fourth-order valence-corrected chi connectivity index (χ4v) is 1.97. The van der Waals surface area contributed by atoms with Crippen LogP contribution in [0.3, 0.4) is 0 Å². The summed E-state index contributed by atoms with van der Waals surface area (Å²) in [5.74, 6) is 2.03. The summed E-state index contributed by atoms with van der Waals surface area (Å²) in [6.45, 7) is 2.65. The van der Waals surface area contributed by atoms with Gasteiger partial charge in [-0.2, -0.15) is 0 Å². The van der Waals surface area contributed by atoms with E-state index in [1.807, 2.05) is 0 Å². The Bertz CT molecular complexity index is 185. The van der Waals surface area contributed by atoms with Crippen molar-refractivity contribution in [1.29, 1.82) is 0 Å². The molecule has 1 aliphatic heterocycles. The van der Waals surface area contributed by atoms with Crippen LogP contribution in [-0.4, -0.2) is 32.2 Å². The molecular formula is C8H14N2O2. The van der Waals surface area contributed by atoms with Crippen molar-refractivity contribution in [2.24, 2.45) is 23.5 Å². The van der Waals surface area contributed by atoms with E-state index in [-0.39, 0.29) is 12.5 Å². The van der Waals surface area contributed by atoms with Crippen LogP contribution in [0.1, 0.15) is 0 Å². The van der Waals surface area contributed by atoms with Gasteiger partial charge in [0.15, 0.2) is 0 Å². The van der Waals surface area contributed by atoms with Crippen LogP contribution in [0.25, 0.3) is 0 Å². The van der Waals surface area contributed by atoms with E-state index in [0.717, 1.165) is 19.8 Å². The molecule has 2 rings (SSSR count). The first-order valence-electron chi connectivity index (χ1n) is 4.37. The van der Waals surface area contributed by atoms with Gasteiger partial charge in [0.25, 0.3) is 0 Å². The van der Waals surface area contributed by atoms with Crippen molar-refractivity contribution in [2.75, 3.05) is 26.3 Å². The summed E-state index contributed by atoms with van der Waals surface area (Å²) in [5.41, 5.74) is 5.16. The van der Waals surface area contributed by atoms with E-state index >= 15 is 0 Å². The molecule has 0 aromatic rings. The summed E-state index contributed by atoms with van der Waals surface area (Å²) in [6.07, 6.45) is 0. The third kappa shape index (κ3) is 1.32. The first-order valence-corrected chi connectivity index (χ1v) is 4.37. The zero-order chi connectivity index (χ0) is 8.55.